The Labute approximate surface area is 101 Å². The third-order valence-corrected chi connectivity index (χ3v) is 4.49. The van der Waals surface area contributed by atoms with E-state index in [0.29, 0.717) is 19.4 Å². The molecule has 0 rings (SSSR count). The summed E-state index contributed by atoms with van der Waals surface area (Å²) in [5.41, 5.74) is 5.19. The number of nitrogens with two attached hydrogens (primary N) is 1. The Bertz CT molecular complexity index is 252. The molecule has 1 amide bonds. The van der Waals surface area contributed by atoms with Crippen molar-refractivity contribution in [2.75, 3.05) is 12.8 Å². The maximum absolute atomic E-state index is 11.8. The Kier molecular flexibility index (Phi) is 6.83. The van der Waals surface area contributed by atoms with Gasteiger partial charge in [0.05, 0.1) is 5.54 Å². The average Bonchev–Trinajstić information content (AvgIpc) is 2.27. The van der Waals surface area contributed by atoms with Crippen LogP contribution in [0.15, 0.2) is 0 Å². The first-order valence-electron chi connectivity index (χ1n) is 5.76. The quantitative estimate of drug-likeness (QED) is 0.699. The van der Waals surface area contributed by atoms with Crippen LogP contribution in [0.25, 0.3) is 0 Å². The molecule has 0 aliphatic heterocycles. The van der Waals surface area contributed by atoms with E-state index in [2.05, 4.69) is 5.32 Å². The van der Waals surface area contributed by atoms with E-state index in [1.165, 1.54) is 0 Å². The van der Waals surface area contributed by atoms with Crippen molar-refractivity contribution in [2.24, 2.45) is 5.73 Å². The van der Waals surface area contributed by atoms with Crippen LogP contribution in [-0.4, -0.2) is 33.7 Å². The van der Waals surface area contributed by atoms with Crippen molar-refractivity contribution in [1.82, 2.24) is 5.32 Å². The van der Waals surface area contributed by atoms with E-state index in [1.807, 2.05) is 20.8 Å². The molecule has 0 aliphatic rings. The van der Waals surface area contributed by atoms with E-state index in [1.54, 1.807) is 6.26 Å². The molecule has 0 aliphatic carbocycles. The molecular formula is C11H24N2O2S. The summed E-state index contributed by atoms with van der Waals surface area (Å²) in [7, 11) is -0.832. The summed E-state index contributed by atoms with van der Waals surface area (Å²) in [6, 6.07) is 0. The van der Waals surface area contributed by atoms with Crippen molar-refractivity contribution in [3.8, 4) is 0 Å². The van der Waals surface area contributed by atoms with Crippen LogP contribution in [0.2, 0.25) is 0 Å². The van der Waals surface area contributed by atoms with E-state index in [9.17, 15) is 9.00 Å². The smallest absolute Gasteiger partial charge is 0.240 e. The Morgan fingerprint density at radius 1 is 1.44 bits per heavy atom. The van der Waals surface area contributed by atoms with E-state index in [4.69, 9.17) is 5.73 Å². The SMILES string of the molecule is CCC(N)(CC)C(=O)NCCC(C)S(C)=O. The van der Waals surface area contributed by atoms with Gasteiger partial charge in [-0.15, -0.1) is 0 Å². The summed E-state index contributed by atoms with van der Waals surface area (Å²) in [6.45, 7) is 6.27. The molecule has 0 bridgehead atoms. The van der Waals surface area contributed by atoms with Crippen LogP contribution in [0.3, 0.4) is 0 Å². The van der Waals surface area contributed by atoms with E-state index in [0.717, 1.165) is 6.42 Å². The molecule has 0 saturated heterocycles. The molecule has 96 valence electrons. The van der Waals surface area contributed by atoms with Gasteiger partial charge < -0.3 is 11.1 Å². The Morgan fingerprint density at radius 3 is 2.31 bits per heavy atom. The lowest BCUT2D eigenvalue weighted by Crippen LogP contribution is -2.53. The van der Waals surface area contributed by atoms with Gasteiger partial charge in [0.2, 0.25) is 5.91 Å². The average molecular weight is 248 g/mol. The van der Waals surface area contributed by atoms with E-state index < -0.39 is 16.3 Å². The zero-order valence-electron chi connectivity index (χ0n) is 10.7. The molecule has 0 aromatic carbocycles. The third-order valence-electron chi connectivity index (χ3n) is 3.12. The molecule has 0 saturated carbocycles. The Balaban J connectivity index is 4.03. The van der Waals surface area contributed by atoms with Gasteiger partial charge in [-0.05, 0) is 19.3 Å². The summed E-state index contributed by atoms with van der Waals surface area (Å²) in [6.07, 6.45) is 3.66. The third kappa shape index (κ3) is 4.61. The highest BCUT2D eigenvalue weighted by Gasteiger charge is 2.29. The van der Waals surface area contributed by atoms with Crippen LogP contribution in [0.5, 0.6) is 0 Å². The summed E-state index contributed by atoms with van der Waals surface area (Å²) in [5.74, 6) is -0.105. The first-order chi connectivity index (χ1) is 7.37. The predicted molar refractivity (Wildman–Crippen MR) is 68.7 cm³/mol. The lowest BCUT2D eigenvalue weighted by atomic mass is 9.93. The van der Waals surface area contributed by atoms with Crippen molar-refractivity contribution in [1.29, 1.82) is 0 Å². The number of nitrogens with one attached hydrogen (secondary N) is 1. The highest BCUT2D eigenvalue weighted by molar-refractivity contribution is 7.84. The van der Waals surface area contributed by atoms with Gasteiger partial charge in [-0.3, -0.25) is 9.00 Å². The van der Waals surface area contributed by atoms with Crippen molar-refractivity contribution in [3.05, 3.63) is 0 Å². The lowest BCUT2D eigenvalue weighted by molar-refractivity contribution is -0.126. The number of hydrogen-bond donors (Lipinski definition) is 2. The molecule has 0 aromatic heterocycles. The molecule has 0 spiro atoms. The van der Waals surface area contributed by atoms with E-state index in [-0.39, 0.29) is 11.2 Å². The molecule has 0 heterocycles. The minimum Gasteiger partial charge on any atom is -0.354 e. The highest BCUT2D eigenvalue weighted by Crippen LogP contribution is 2.11. The molecule has 3 N–H and O–H groups in total. The molecule has 5 heteroatoms. The second-order valence-corrected chi connectivity index (χ2v) is 6.02. The molecular weight excluding hydrogens is 224 g/mol. The molecule has 4 nitrogen and oxygen atoms in total. The van der Waals surface area contributed by atoms with Crippen molar-refractivity contribution in [2.45, 2.75) is 50.8 Å². The minimum atomic E-state index is -0.832. The summed E-state index contributed by atoms with van der Waals surface area (Å²) >= 11 is 0. The van der Waals surface area contributed by atoms with Crippen LogP contribution in [0.1, 0.15) is 40.0 Å². The van der Waals surface area contributed by atoms with Gasteiger partial charge >= 0.3 is 0 Å². The van der Waals surface area contributed by atoms with Crippen molar-refractivity contribution < 1.29 is 9.00 Å². The van der Waals surface area contributed by atoms with Gasteiger partial charge in [0, 0.05) is 28.9 Å². The Morgan fingerprint density at radius 2 is 1.94 bits per heavy atom. The van der Waals surface area contributed by atoms with Gasteiger partial charge in [0.15, 0.2) is 0 Å². The number of amides is 1. The monoisotopic (exact) mass is 248 g/mol. The van der Waals surface area contributed by atoms with Gasteiger partial charge in [-0.2, -0.15) is 0 Å². The van der Waals surface area contributed by atoms with Crippen LogP contribution in [-0.2, 0) is 15.6 Å². The molecule has 2 atom stereocenters. The van der Waals surface area contributed by atoms with Gasteiger partial charge in [-0.1, -0.05) is 20.8 Å². The van der Waals surface area contributed by atoms with Gasteiger partial charge in [-0.25, -0.2) is 0 Å². The summed E-state index contributed by atoms with van der Waals surface area (Å²) in [5, 5.41) is 2.92. The van der Waals surface area contributed by atoms with Crippen LogP contribution in [0, 0.1) is 0 Å². The van der Waals surface area contributed by atoms with E-state index >= 15 is 0 Å². The zero-order chi connectivity index (χ0) is 12.8. The molecule has 2 unspecified atom stereocenters. The fraction of sp³-hybridized carbons (Fsp3) is 0.909. The van der Waals surface area contributed by atoms with Crippen LogP contribution < -0.4 is 11.1 Å². The summed E-state index contributed by atoms with van der Waals surface area (Å²) in [4.78, 5) is 11.8. The normalized spacial score (nSPS) is 15.6. The van der Waals surface area contributed by atoms with Crippen LogP contribution >= 0.6 is 0 Å². The number of hydrogen-bond acceptors (Lipinski definition) is 3. The molecule has 0 fully saturated rings. The first-order valence-corrected chi connectivity index (χ1v) is 7.39. The molecule has 0 radical (unpaired) electrons. The number of carbonyl (C=O) groups excluding carboxylic acids is 1. The largest absolute Gasteiger partial charge is 0.354 e. The fourth-order valence-electron chi connectivity index (χ4n) is 1.30. The minimum absolute atomic E-state index is 0.105. The maximum atomic E-state index is 11.8. The first kappa shape index (κ1) is 15.6. The number of carbonyl (C=O) groups is 1. The predicted octanol–water partition coefficient (Wildman–Crippen LogP) is 0.777. The highest BCUT2D eigenvalue weighted by atomic mass is 32.2. The van der Waals surface area contributed by atoms with Crippen molar-refractivity contribution in [3.63, 3.8) is 0 Å². The second kappa shape index (κ2) is 7.01. The van der Waals surface area contributed by atoms with Gasteiger partial charge in [0.25, 0.3) is 0 Å². The van der Waals surface area contributed by atoms with Crippen LogP contribution in [0.4, 0.5) is 0 Å². The molecule has 0 aromatic rings. The van der Waals surface area contributed by atoms with Crippen molar-refractivity contribution >= 4 is 16.7 Å². The topological polar surface area (TPSA) is 72.2 Å². The summed E-state index contributed by atoms with van der Waals surface area (Å²) < 4.78 is 11.1. The molecule has 16 heavy (non-hydrogen) atoms. The lowest BCUT2D eigenvalue weighted by Gasteiger charge is -2.25. The second-order valence-electron chi connectivity index (χ2n) is 4.22. The Hall–Kier alpha value is -0.420. The number of rotatable bonds is 7. The zero-order valence-corrected chi connectivity index (χ0v) is 11.5. The van der Waals surface area contributed by atoms with Gasteiger partial charge in [0.1, 0.15) is 0 Å². The fourth-order valence-corrected chi connectivity index (χ4v) is 1.75. The standard InChI is InChI=1S/C11H24N2O2S/c1-5-11(12,6-2)10(14)13-8-7-9(3)16(4)15/h9H,5-8,12H2,1-4H3,(H,13,14). The maximum Gasteiger partial charge on any atom is 0.240 e.